The maximum absolute atomic E-state index is 12.6. The summed E-state index contributed by atoms with van der Waals surface area (Å²) in [6, 6.07) is 0.689. The zero-order valence-corrected chi connectivity index (χ0v) is 11.8. The van der Waals surface area contributed by atoms with Gasteiger partial charge >= 0.3 is 6.03 Å². The van der Waals surface area contributed by atoms with Gasteiger partial charge in [-0.25, -0.2) is 4.79 Å². The minimum atomic E-state index is 0.275. The van der Waals surface area contributed by atoms with Gasteiger partial charge in [-0.1, -0.05) is 13.8 Å². The SMILES string of the molecule is CCCN(C(=O)N1CCC(C)CC1)C1CCNC1. The molecule has 2 saturated heterocycles. The van der Waals surface area contributed by atoms with Crippen molar-refractivity contribution in [3.8, 4) is 0 Å². The standard InChI is InChI=1S/C14H27N3O/c1-3-8-17(13-4-7-15-11-13)14(18)16-9-5-12(2)6-10-16/h12-13,15H,3-11H2,1-2H3. The van der Waals surface area contributed by atoms with Crippen molar-refractivity contribution in [3.05, 3.63) is 0 Å². The smallest absolute Gasteiger partial charge is 0.320 e. The summed E-state index contributed by atoms with van der Waals surface area (Å²) in [5.41, 5.74) is 0. The lowest BCUT2D eigenvalue weighted by Gasteiger charge is -2.37. The molecule has 104 valence electrons. The van der Waals surface area contributed by atoms with Crippen molar-refractivity contribution in [1.82, 2.24) is 15.1 Å². The largest absolute Gasteiger partial charge is 0.325 e. The molecule has 2 amide bonds. The summed E-state index contributed by atoms with van der Waals surface area (Å²) in [6.45, 7) is 9.25. The van der Waals surface area contributed by atoms with E-state index in [1.807, 2.05) is 0 Å². The van der Waals surface area contributed by atoms with E-state index >= 15 is 0 Å². The monoisotopic (exact) mass is 253 g/mol. The number of hydrogen-bond donors (Lipinski definition) is 1. The van der Waals surface area contributed by atoms with Crippen LogP contribution in [0, 0.1) is 5.92 Å². The fourth-order valence-electron chi connectivity index (χ4n) is 2.96. The average Bonchev–Trinajstić information content (AvgIpc) is 2.90. The Bertz CT molecular complexity index is 268. The van der Waals surface area contributed by atoms with Crippen molar-refractivity contribution in [2.75, 3.05) is 32.7 Å². The highest BCUT2D eigenvalue weighted by molar-refractivity contribution is 5.75. The van der Waals surface area contributed by atoms with Gasteiger partial charge in [-0.3, -0.25) is 0 Å². The van der Waals surface area contributed by atoms with Gasteiger partial charge in [-0.05, 0) is 38.1 Å². The number of carbonyl (C=O) groups excluding carboxylic acids is 1. The van der Waals surface area contributed by atoms with E-state index in [-0.39, 0.29) is 6.03 Å². The van der Waals surface area contributed by atoms with E-state index in [1.165, 1.54) is 0 Å². The third kappa shape index (κ3) is 3.16. The highest BCUT2D eigenvalue weighted by Gasteiger charge is 2.30. The van der Waals surface area contributed by atoms with Crippen molar-refractivity contribution < 1.29 is 4.79 Å². The quantitative estimate of drug-likeness (QED) is 0.834. The second kappa shape index (κ2) is 6.41. The Balaban J connectivity index is 1.94. The topological polar surface area (TPSA) is 35.6 Å². The summed E-state index contributed by atoms with van der Waals surface area (Å²) in [7, 11) is 0. The minimum absolute atomic E-state index is 0.275. The molecule has 0 saturated carbocycles. The van der Waals surface area contributed by atoms with Gasteiger partial charge in [0.15, 0.2) is 0 Å². The van der Waals surface area contributed by atoms with Gasteiger partial charge in [-0.2, -0.15) is 0 Å². The lowest BCUT2D eigenvalue weighted by molar-refractivity contribution is 0.120. The van der Waals surface area contributed by atoms with Crippen LogP contribution < -0.4 is 5.32 Å². The van der Waals surface area contributed by atoms with E-state index in [4.69, 9.17) is 0 Å². The number of piperidine rings is 1. The molecule has 0 radical (unpaired) electrons. The van der Waals surface area contributed by atoms with Crippen LogP contribution in [-0.4, -0.2) is 54.6 Å². The third-order valence-corrected chi connectivity index (χ3v) is 4.24. The van der Waals surface area contributed by atoms with Gasteiger partial charge in [0.1, 0.15) is 0 Å². The molecule has 2 aliphatic heterocycles. The number of urea groups is 1. The molecule has 1 atom stereocenters. The number of likely N-dealkylation sites (tertiary alicyclic amines) is 1. The molecule has 0 spiro atoms. The van der Waals surface area contributed by atoms with Gasteiger partial charge in [0.2, 0.25) is 0 Å². The molecule has 2 rings (SSSR count). The molecule has 2 fully saturated rings. The summed E-state index contributed by atoms with van der Waals surface area (Å²) in [4.78, 5) is 16.8. The van der Waals surface area contributed by atoms with Crippen LogP contribution in [0.4, 0.5) is 4.79 Å². The van der Waals surface area contributed by atoms with Crippen molar-refractivity contribution in [2.45, 2.75) is 45.6 Å². The summed E-state index contributed by atoms with van der Waals surface area (Å²) in [5.74, 6) is 0.779. The Kier molecular flexibility index (Phi) is 4.87. The zero-order chi connectivity index (χ0) is 13.0. The first-order valence-corrected chi connectivity index (χ1v) is 7.48. The molecule has 0 aromatic carbocycles. The maximum atomic E-state index is 12.6. The number of rotatable bonds is 3. The van der Waals surface area contributed by atoms with Crippen LogP contribution in [0.2, 0.25) is 0 Å². The average molecular weight is 253 g/mol. The molecular formula is C14H27N3O. The van der Waals surface area contributed by atoms with E-state index in [1.54, 1.807) is 0 Å². The van der Waals surface area contributed by atoms with Gasteiger partial charge in [0, 0.05) is 32.2 Å². The third-order valence-electron chi connectivity index (χ3n) is 4.24. The number of hydrogen-bond acceptors (Lipinski definition) is 2. The molecule has 0 aliphatic carbocycles. The van der Waals surface area contributed by atoms with E-state index in [2.05, 4.69) is 29.0 Å². The Morgan fingerprint density at radius 1 is 1.33 bits per heavy atom. The van der Waals surface area contributed by atoms with Crippen molar-refractivity contribution in [3.63, 3.8) is 0 Å². The van der Waals surface area contributed by atoms with Crippen LogP contribution >= 0.6 is 0 Å². The summed E-state index contributed by atoms with van der Waals surface area (Å²) < 4.78 is 0. The van der Waals surface area contributed by atoms with Gasteiger partial charge in [0.25, 0.3) is 0 Å². The van der Waals surface area contributed by atoms with Crippen molar-refractivity contribution in [2.24, 2.45) is 5.92 Å². The first-order valence-electron chi connectivity index (χ1n) is 7.48. The second-order valence-corrected chi connectivity index (χ2v) is 5.79. The van der Waals surface area contributed by atoms with Crippen LogP contribution in [-0.2, 0) is 0 Å². The first kappa shape index (κ1) is 13.7. The molecule has 18 heavy (non-hydrogen) atoms. The van der Waals surface area contributed by atoms with Crippen LogP contribution in [0.15, 0.2) is 0 Å². The molecule has 2 aliphatic rings. The van der Waals surface area contributed by atoms with E-state index in [9.17, 15) is 4.79 Å². The molecule has 0 aromatic heterocycles. The van der Waals surface area contributed by atoms with E-state index in [0.717, 1.165) is 64.3 Å². The fourth-order valence-corrected chi connectivity index (χ4v) is 2.96. The lowest BCUT2D eigenvalue weighted by Crippen LogP contribution is -2.51. The predicted molar refractivity (Wildman–Crippen MR) is 73.6 cm³/mol. The Labute approximate surface area is 111 Å². The summed E-state index contributed by atoms with van der Waals surface area (Å²) in [6.07, 6.45) is 4.48. The molecule has 1 N–H and O–H groups in total. The van der Waals surface area contributed by atoms with Gasteiger partial charge in [-0.15, -0.1) is 0 Å². The molecule has 2 heterocycles. The van der Waals surface area contributed by atoms with Crippen LogP contribution in [0.1, 0.15) is 39.5 Å². The molecule has 4 nitrogen and oxygen atoms in total. The number of nitrogens with one attached hydrogen (secondary N) is 1. The zero-order valence-electron chi connectivity index (χ0n) is 11.8. The van der Waals surface area contributed by atoms with Gasteiger partial charge in [0.05, 0.1) is 0 Å². The highest BCUT2D eigenvalue weighted by atomic mass is 16.2. The Morgan fingerprint density at radius 2 is 2.06 bits per heavy atom. The Morgan fingerprint density at radius 3 is 2.61 bits per heavy atom. The van der Waals surface area contributed by atoms with E-state index < -0.39 is 0 Å². The van der Waals surface area contributed by atoms with Crippen molar-refractivity contribution >= 4 is 6.03 Å². The number of amides is 2. The summed E-state index contributed by atoms with van der Waals surface area (Å²) >= 11 is 0. The number of carbonyl (C=O) groups is 1. The molecule has 0 bridgehead atoms. The van der Waals surface area contributed by atoms with E-state index in [0.29, 0.717) is 6.04 Å². The highest BCUT2D eigenvalue weighted by Crippen LogP contribution is 2.19. The van der Waals surface area contributed by atoms with Crippen LogP contribution in [0.25, 0.3) is 0 Å². The molecule has 4 heteroatoms. The first-order chi connectivity index (χ1) is 8.72. The second-order valence-electron chi connectivity index (χ2n) is 5.79. The molecule has 1 unspecified atom stereocenters. The van der Waals surface area contributed by atoms with Crippen LogP contribution in [0.5, 0.6) is 0 Å². The molecular weight excluding hydrogens is 226 g/mol. The van der Waals surface area contributed by atoms with Crippen molar-refractivity contribution in [1.29, 1.82) is 0 Å². The maximum Gasteiger partial charge on any atom is 0.320 e. The predicted octanol–water partition coefficient (Wildman–Crippen LogP) is 1.91. The minimum Gasteiger partial charge on any atom is -0.325 e. The molecule has 0 aromatic rings. The Hall–Kier alpha value is -0.770. The van der Waals surface area contributed by atoms with Crippen LogP contribution in [0.3, 0.4) is 0 Å². The fraction of sp³-hybridized carbons (Fsp3) is 0.929. The van der Waals surface area contributed by atoms with Gasteiger partial charge < -0.3 is 15.1 Å². The summed E-state index contributed by atoms with van der Waals surface area (Å²) in [5, 5.41) is 3.36. The lowest BCUT2D eigenvalue weighted by atomic mass is 9.99. The number of nitrogens with zero attached hydrogens (tertiary/aromatic N) is 2. The normalized spacial score (nSPS) is 25.4.